The Morgan fingerprint density at radius 3 is 2.31 bits per heavy atom. The molecule has 1 aliphatic heterocycles. The molecule has 0 aromatic heterocycles. The number of hydrogen-bond acceptors (Lipinski definition) is 6. The highest BCUT2D eigenvalue weighted by molar-refractivity contribution is 7.92. The molecule has 3 rings (SSSR count). The van der Waals surface area contributed by atoms with Crippen LogP contribution >= 0.6 is 23.2 Å². The maximum absolute atomic E-state index is 13.7. The van der Waals surface area contributed by atoms with Gasteiger partial charge in [0.1, 0.15) is 12.6 Å². The van der Waals surface area contributed by atoms with Gasteiger partial charge in [0, 0.05) is 34.3 Å². The topological polar surface area (TPSA) is 105 Å². The maximum atomic E-state index is 13.7. The van der Waals surface area contributed by atoms with Crippen LogP contribution in [0, 0.1) is 0 Å². The minimum Gasteiger partial charge on any atom is -0.454 e. The van der Waals surface area contributed by atoms with Gasteiger partial charge in [0.15, 0.2) is 11.5 Å². The summed E-state index contributed by atoms with van der Waals surface area (Å²) in [5.74, 6) is -0.385. The zero-order chi connectivity index (χ0) is 26.6. The summed E-state index contributed by atoms with van der Waals surface area (Å²) in [6.45, 7) is 6.04. The Morgan fingerprint density at radius 2 is 1.69 bits per heavy atom. The minimum atomic E-state index is -3.88. The van der Waals surface area contributed by atoms with Crippen LogP contribution in [0.5, 0.6) is 11.5 Å². The van der Waals surface area contributed by atoms with E-state index >= 15 is 0 Å². The van der Waals surface area contributed by atoms with Crippen LogP contribution in [0.1, 0.15) is 33.3 Å². The van der Waals surface area contributed by atoms with Gasteiger partial charge in [-0.05, 0) is 52.0 Å². The van der Waals surface area contributed by atoms with E-state index in [0.29, 0.717) is 27.1 Å². The normalized spacial score (nSPS) is 13.4. The van der Waals surface area contributed by atoms with Gasteiger partial charge in [-0.3, -0.25) is 13.9 Å². The van der Waals surface area contributed by atoms with Gasteiger partial charge < -0.3 is 19.7 Å². The molecule has 1 aliphatic rings. The number of amides is 2. The van der Waals surface area contributed by atoms with Crippen molar-refractivity contribution < 1.29 is 27.5 Å². The Bertz CT molecular complexity index is 1220. The largest absolute Gasteiger partial charge is 0.454 e. The second-order valence-corrected chi connectivity index (χ2v) is 11.5. The van der Waals surface area contributed by atoms with Crippen molar-refractivity contribution in [2.45, 2.75) is 46.3 Å². The highest BCUT2D eigenvalue weighted by Gasteiger charge is 2.32. The van der Waals surface area contributed by atoms with Gasteiger partial charge in [0.25, 0.3) is 0 Å². The molecule has 0 unspecified atom stereocenters. The molecule has 0 aliphatic carbocycles. The SMILES string of the molecule is CCS(=O)(=O)N(CC(=O)N(Cc1c(Cl)cccc1Cl)[C@@H](C)C(=O)NC(C)C)c1ccc2c(c1)OCO2. The third-order valence-corrected chi connectivity index (χ3v) is 8.06. The van der Waals surface area contributed by atoms with Crippen molar-refractivity contribution in [3.63, 3.8) is 0 Å². The molecule has 0 bridgehead atoms. The third kappa shape index (κ3) is 6.35. The van der Waals surface area contributed by atoms with E-state index in [1.54, 1.807) is 45.0 Å². The number of rotatable bonds is 10. The lowest BCUT2D eigenvalue weighted by atomic mass is 10.1. The molecule has 0 saturated carbocycles. The first-order chi connectivity index (χ1) is 16.9. The van der Waals surface area contributed by atoms with Crippen LogP contribution in [0.3, 0.4) is 0 Å². The fraction of sp³-hybridized carbons (Fsp3) is 0.417. The summed E-state index contributed by atoms with van der Waals surface area (Å²) in [7, 11) is -3.88. The average Bonchev–Trinajstić information content (AvgIpc) is 3.29. The van der Waals surface area contributed by atoms with Crippen LogP contribution in [0.2, 0.25) is 10.0 Å². The molecule has 12 heteroatoms. The lowest BCUT2D eigenvalue weighted by Crippen LogP contribution is -2.52. The van der Waals surface area contributed by atoms with Crippen LogP contribution in [0.15, 0.2) is 36.4 Å². The summed E-state index contributed by atoms with van der Waals surface area (Å²) in [5, 5.41) is 3.44. The molecule has 0 spiro atoms. The number of ether oxygens (including phenoxy) is 2. The van der Waals surface area contributed by atoms with Crippen LogP contribution in [-0.2, 0) is 26.2 Å². The molecule has 1 heterocycles. The molecule has 1 atom stereocenters. The fourth-order valence-corrected chi connectivity index (χ4v) is 5.17. The van der Waals surface area contributed by atoms with E-state index in [2.05, 4.69) is 5.32 Å². The van der Waals surface area contributed by atoms with Crippen molar-refractivity contribution in [1.82, 2.24) is 10.2 Å². The number of fused-ring (bicyclic) bond motifs is 1. The maximum Gasteiger partial charge on any atom is 0.244 e. The summed E-state index contributed by atoms with van der Waals surface area (Å²) >= 11 is 12.7. The van der Waals surface area contributed by atoms with Crippen LogP contribution < -0.4 is 19.1 Å². The number of halogens is 2. The molecule has 1 N–H and O–H groups in total. The number of benzene rings is 2. The van der Waals surface area contributed by atoms with E-state index < -0.39 is 34.4 Å². The number of anilines is 1. The molecule has 196 valence electrons. The predicted octanol–water partition coefficient (Wildman–Crippen LogP) is 3.82. The molecule has 0 saturated heterocycles. The molecule has 36 heavy (non-hydrogen) atoms. The molecule has 0 radical (unpaired) electrons. The second kappa shape index (κ2) is 11.6. The third-order valence-electron chi connectivity index (χ3n) is 5.61. The van der Waals surface area contributed by atoms with Gasteiger partial charge in [-0.1, -0.05) is 29.3 Å². The van der Waals surface area contributed by atoms with Crippen molar-refractivity contribution in [3.8, 4) is 11.5 Å². The Morgan fingerprint density at radius 1 is 1.06 bits per heavy atom. The standard InChI is InChI=1S/C24H29Cl2N3O6S/c1-5-36(32,33)29(17-9-10-21-22(11-17)35-14-34-21)13-23(30)28(16(4)24(31)27-15(2)3)12-18-19(25)7-6-8-20(18)26/h6-11,15-16H,5,12-14H2,1-4H3,(H,27,31)/t16-/m0/s1. The van der Waals surface area contributed by atoms with Crippen molar-refractivity contribution in [2.75, 3.05) is 23.4 Å². The molecule has 9 nitrogen and oxygen atoms in total. The molecular weight excluding hydrogens is 529 g/mol. The Balaban J connectivity index is 1.98. The zero-order valence-corrected chi connectivity index (χ0v) is 22.8. The first kappa shape index (κ1) is 27.9. The highest BCUT2D eigenvalue weighted by Crippen LogP contribution is 2.36. The number of nitrogens with zero attached hydrogens (tertiary/aromatic N) is 2. The first-order valence-electron chi connectivity index (χ1n) is 11.4. The number of carbonyl (C=O) groups is 2. The van der Waals surface area contributed by atoms with E-state index in [4.69, 9.17) is 32.7 Å². The fourth-order valence-electron chi connectivity index (χ4n) is 3.60. The van der Waals surface area contributed by atoms with Crippen molar-refractivity contribution in [2.24, 2.45) is 0 Å². The summed E-state index contributed by atoms with van der Waals surface area (Å²) in [5.41, 5.74) is 0.691. The monoisotopic (exact) mass is 557 g/mol. The summed E-state index contributed by atoms with van der Waals surface area (Å²) in [6.07, 6.45) is 0. The lowest BCUT2D eigenvalue weighted by Gasteiger charge is -2.32. The molecule has 2 aromatic carbocycles. The Labute approximate surface area is 221 Å². The van der Waals surface area contributed by atoms with E-state index in [9.17, 15) is 18.0 Å². The van der Waals surface area contributed by atoms with Gasteiger partial charge in [0.05, 0.1) is 11.4 Å². The number of sulfonamides is 1. The van der Waals surface area contributed by atoms with Crippen molar-refractivity contribution in [1.29, 1.82) is 0 Å². The van der Waals surface area contributed by atoms with Gasteiger partial charge in [-0.15, -0.1) is 0 Å². The van der Waals surface area contributed by atoms with Gasteiger partial charge >= 0.3 is 0 Å². The number of hydrogen-bond donors (Lipinski definition) is 1. The Kier molecular flexibility index (Phi) is 8.97. The summed E-state index contributed by atoms with van der Waals surface area (Å²) in [6, 6.07) is 8.47. The molecular formula is C24H29Cl2N3O6S. The molecule has 2 aromatic rings. The highest BCUT2D eigenvalue weighted by atomic mass is 35.5. The first-order valence-corrected chi connectivity index (χ1v) is 13.7. The summed E-state index contributed by atoms with van der Waals surface area (Å²) in [4.78, 5) is 27.8. The second-order valence-electron chi connectivity index (χ2n) is 8.51. The predicted molar refractivity (Wildman–Crippen MR) is 139 cm³/mol. The lowest BCUT2D eigenvalue weighted by molar-refractivity contribution is -0.139. The van der Waals surface area contributed by atoms with E-state index in [1.165, 1.54) is 24.0 Å². The minimum absolute atomic E-state index is 0.0209. The van der Waals surface area contributed by atoms with E-state index in [1.807, 2.05) is 0 Å². The van der Waals surface area contributed by atoms with E-state index in [0.717, 1.165) is 4.31 Å². The van der Waals surface area contributed by atoms with Crippen LogP contribution in [0.25, 0.3) is 0 Å². The van der Waals surface area contributed by atoms with Gasteiger partial charge in [-0.2, -0.15) is 0 Å². The molecule has 0 fully saturated rings. The average molecular weight is 558 g/mol. The smallest absolute Gasteiger partial charge is 0.244 e. The molecule has 2 amide bonds. The Hall–Kier alpha value is -2.69. The number of nitrogens with one attached hydrogen (secondary N) is 1. The van der Waals surface area contributed by atoms with Crippen molar-refractivity contribution >= 4 is 50.7 Å². The summed E-state index contributed by atoms with van der Waals surface area (Å²) < 4.78 is 37.8. The van der Waals surface area contributed by atoms with Crippen molar-refractivity contribution in [3.05, 3.63) is 52.0 Å². The van der Waals surface area contributed by atoms with Crippen LogP contribution in [0.4, 0.5) is 5.69 Å². The van der Waals surface area contributed by atoms with E-state index in [-0.39, 0.29) is 30.8 Å². The van der Waals surface area contributed by atoms with Crippen LogP contribution in [-0.4, -0.2) is 56.3 Å². The zero-order valence-electron chi connectivity index (χ0n) is 20.5. The van der Waals surface area contributed by atoms with Gasteiger partial charge in [-0.25, -0.2) is 8.42 Å². The quantitative estimate of drug-likeness (QED) is 0.476. The van der Waals surface area contributed by atoms with Gasteiger partial charge in [0.2, 0.25) is 28.6 Å². The number of carbonyl (C=O) groups excluding carboxylic acids is 2.